The van der Waals surface area contributed by atoms with Crippen LogP contribution in [-0.2, 0) is 10.0 Å². The summed E-state index contributed by atoms with van der Waals surface area (Å²) in [5.41, 5.74) is 0. The van der Waals surface area contributed by atoms with Crippen molar-refractivity contribution in [2.24, 2.45) is 5.14 Å². The number of anilines is 1. The largest absolute Gasteiger partial charge is 0.391 e. The van der Waals surface area contributed by atoms with E-state index in [-0.39, 0.29) is 4.90 Å². The van der Waals surface area contributed by atoms with Crippen molar-refractivity contribution in [3.63, 3.8) is 0 Å². The molecule has 1 aromatic heterocycles. The number of hydrogen-bond donors (Lipinski definition) is 2. The minimum Gasteiger partial charge on any atom is -0.391 e. The van der Waals surface area contributed by atoms with Crippen molar-refractivity contribution in [3.8, 4) is 0 Å². The number of hydrogen-bond acceptors (Lipinski definition) is 5. The summed E-state index contributed by atoms with van der Waals surface area (Å²) < 4.78 is 22.9. The number of rotatable bonds is 2. The van der Waals surface area contributed by atoms with Gasteiger partial charge in [-0.1, -0.05) is 0 Å². The molecule has 0 saturated carbocycles. The van der Waals surface area contributed by atoms with Gasteiger partial charge in [-0.2, -0.15) is 0 Å². The summed E-state index contributed by atoms with van der Waals surface area (Å²) in [7, 11) is -3.79. The van der Waals surface area contributed by atoms with Crippen LogP contribution in [-0.4, -0.2) is 37.7 Å². The van der Waals surface area contributed by atoms with Crippen LogP contribution >= 0.6 is 0 Å². The maximum absolute atomic E-state index is 11.4. The maximum atomic E-state index is 11.4. The number of primary sulfonamides is 1. The predicted octanol–water partition coefficient (Wildman–Crippen LogP) is -0.310. The first kappa shape index (κ1) is 12.3. The highest BCUT2D eigenvalue weighted by atomic mass is 32.2. The van der Waals surface area contributed by atoms with E-state index in [1.165, 1.54) is 18.3 Å². The fourth-order valence-corrected chi connectivity index (χ4v) is 2.69. The number of aliphatic hydroxyl groups excluding tert-OH is 1. The van der Waals surface area contributed by atoms with Crippen molar-refractivity contribution in [2.45, 2.75) is 23.8 Å². The minimum atomic E-state index is -3.79. The van der Waals surface area contributed by atoms with E-state index < -0.39 is 16.1 Å². The lowest BCUT2D eigenvalue weighted by Crippen LogP contribution is -2.39. The number of nitrogens with zero attached hydrogens (tertiary/aromatic N) is 2. The molecule has 7 heteroatoms. The zero-order chi connectivity index (χ0) is 12.5. The number of aromatic nitrogens is 1. The fraction of sp³-hybridized carbons (Fsp3) is 0.500. The number of aliphatic hydroxyl groups is 1. The average molecular weight is 257 g/mol. The molecule has 0 bridgehead atoms. The highest BCUT2D eigenvalue weighted by Gasteiger charge is 2.24. The molecular formula is C10H15N3O3S. The second-order valence-corrected chi connectivity index (χ2v) is 5.64. The van der Waals surface area contributed by atoms with Gasteiger partial charge >= 0.3 is 0 Å². The predicted molar refractivity (Wildman–Crippen MR) is 63.1 cm³/mol. The average Bonchev–Trinajstić information content (AvgIpc) is 2.28. The molecule has 0 aromatic carbocycles. The van der Waals surface area contributed by atoms with E-state index in [2.05, 4.69) is 4.98 Å². The van der Waals surface area contributed by atoms with Gasteiger partial charge in [0.25, 0.3) is 0 Å². The molecule has 2 heterocycles. The number of nitrogens with two attached hydrogens (primary N) is 1. The van der Waals surface area contributed by atoms with Gasteiger partial charge in [0.05, 0.1) is 6.10 Å². The van der Waals surface area contributed by atoms with Gasteiger partial charge in [0.15, 0.2) is 0 Å². The second kappa shape index (κ2) is 4.59. The summed E-state index contributed by atoms with van der Waals surface area (Å²) in [5, 5.41) is 14.7. The van der Waals surface area contributed by atoms with Crippen molar-refractivity contribution in [2.75, 3.05) is 18.0 Å². The first-order valence-corrected chi connectivity index (χ1v) is 6.94. The number of piperidine rings is 1. The lowest BCUT2D eigenvalue weighted by Gasteiger charge is -2.31. The van der Waals surface area contributed by atoms with Crippen LogP contribution < -0.4 is 10.0 Å². The van der Waals surface area contributed by atoms with E-state index in [1.54, 1.807) is 4.90 Å². The van der Waals surface area contributed by atoms with Crippen LogP contribution in [0.4, 0.5) is 5.82 Å². The van der Waals surface area contributed by atoms with Gasteiger partial charge in [-0.05, 0) is 25.0 Å². The van der Waals surface area contributed by atoms with E-state index in [0.717, 1.165) is 12.8 Å². The zero-order valence-corrected chi connectivity index (χ0v) is 10.1. The summed E-state index contributed by atoms with van der Waals surface area (Å²) >= 11 is 0. The van der Waals surface area contributed by atoms with Crippen molar-refractivity contribution in [3.05, 3.63) is 18.3 Å². The Balaban J connectivity index is 2.38. The van der Waals surface area contributed by atoms with Crippen molar-refractivity contribution >= 4 is 15.8 Å². The number of pyridine rings is 1. The molecule has 0 amide bonds. The van der Waals surface area contributed by atoms with Crippen molar-refractivity contribution < 1.29 is 13.5 Å². The highest BCUT2D eigenvalue weighted by molar-refractivity contribution is 7.89. The van der Waals surface area contributed by atoms with Gasteiger partial charge in [0.2, 0.25) is 10.0 Å². The molecule has 1 aromatic rings. The third-order valence-electron chi connectivity index (χ3n) is 2.75. The SMILES string of the molecule is NS(=O)(=O)c1cccnc1N1CCC[C@@H](O)C1. The Bertz CT molecular complexity index is 503. The Morgan fingerprint density at radius 2 is 2.29 bits per heavy atom. The summed E-state index contributed by atoms with van der Waals surface area (Å²) in [4.78, 5) is 5.83. The van der Waals surface area contributed by atoms with Crippen LogP contribution in [0.3, 0.4) is 0 Å². The van der Waals surface area contributed by atoms with Gasteiger partial charge in [-0.15, -0.1) is 0 Å². The molecule has 1 aliphatic rings. The van der Waals surface area contributed by atoms with Crippen LogP contribution in [0.2, 0.25) is 0 Å². The van der Waals surface area contributed by atoms with E-state index in [9.17, 15) is 13.5 Å². The van der Waals surface area contributed by atoms with E-state index in [1.807, 2.05) is 0 Å². The van der Waals surface area contributed by atoms with Crippen LogP contribution in [0.5, 0.6) is 0 Å². The standard InChI is InChI=1S/C10H15N3O3S/c11-17(15,16)9-4-1-5-12-10(9)13-6-2-3-8(14)7-13/h1,4-5,8,14H,2-3,6-7H2,(H2,11,15,16)/t8-/m1/s1. The first-order chi connectivity index (χ1) is 7.98. The number of β-amino-alcohol motifs (C(OH)–C–C–N with tert-alkyl or cyclic N) is 1. The van der Waals surface area contributed by atoms with E-state index in [4.69, 9.17) is 5.14 Å². The zero-order valence-electron chi connectivity index (χ0n) is 9.28. The Morgan fingerprint density at radius 3 is 2.94 bits per heavy atom. The lowest BCUT2D eigenvalue weighted by atomic mass is 10.1. The first-order valence-electron chi connectivity index (χ1n) is 5.39. The quantitative estimate of drug-likeness (QED) is 0.757. The van der Waals surface area contributed by atoms with Crippen LogP contribution in [0.25, 0.3) is 0 Å². The third-order valence-corrected chi connectivity index (χ3v) is 3.69. The summed E-state index contributed by atoms with van der Waals surface area (Å²) in [6.45, 7) is 1.07. The molecule has 1 atom stereocenters. The van der Waals surface area contributed by atoms with Gasteiger partial charge in [-0.25, -0.2) is 18.5 Å². The van der Waals surface area contributed by atoms with Crippen LogP contribution in [0.1, 0.15) is 12.8 Å². The molecule has 0 spiro atoms. The summed E-state index contributed by atoms with van der Waals surface area (Å²) in [6.07, 6.45) is 2.61. The molecule has 1 fully saturated rings. The summed E-state index contributed by atoms with van der Waals surface area (Å²) in [5.74, 6) is 0.328. The second-order valence-electron chi connectivity index (χ2n) is 4.11. The topological polar surface area (TPSA) is 96.5 Å². The molecule has 0 unspecified atom stereocenters. The van der Waals surface area contributed by atoms with E-state index in [0.29, 0.717) is 18.9 Å². The smallest absolute Gasteiger partial charge is 0.241 e. The molecule has 3 N–H and O–H groups in total. The Hall–Kier alpha value is -1.18. The lowest BCUT2D eigenvalue weighted by molar-refractivity contribution is 0.153. The van der Waals surface area contributed by atoms with Crippen LogP contribution in [0, 0.1) is 0 Å². The molecule has 1 aliphatic heterocycles. The molecule has 0 aliphatic carbocycles. The van der Waals surface area contributed by atoms with Gasteiger partial charge in [0.1, 0.15) is 10.7 Å². The number of sulfonamides is 1. The summed E-state index contributed by atoms with van der Waals surface area (Å²) in [6, 6.07) is 2.96. The van der Waals surface area contributed by atoms with Crippen LogP contribution in [0.15, 0.2) is 23.2 Å². The minimum absolute atomic E-state index is 0.00843. The molecule has 94 valence electrons. The Labute approximate surface area is 100 Å². The monoisotopic (exact) mass is 257 g/mol. The third kappa shape index (κ3) is 2.74. The molecule has 0 radical (unpaired) electrons. The molecule has 2 rings (SSSR count). The molecular weight excluding hydrogens is 242 g/mol. The Kier molecular flexibility index (Phi) is 3.32. The van der Waals surface area contributed by atoms with E-state index >= 15 is 0 Å². The maximum Gasteiger partial charge on any atom is 0.241 e. The fourth-order valence-electron chi connectivity index (χ4n) is 1.99. The molecule has 6 nitrogen and oxygen atoms in total. The van der Waals surface area contributed by atoms with Gasteiger partial charge in [-0.3, -0.25) is 0 Å². The highest BCUT2D eigenvalue weighted by Crippen LogP contribution is 2.24. The normalized spacial score (nSPS) is 21.5. The van der Waals surface area contributed by atoms with Gasteiger partial charge < -0.3 is 10.0 Å². The molecule has 17 heavy (non-hydrogen) atoms. The Morgan fingerprint density at radius 1 is 1.53 bits per heavy atom. The van der Waals surface area contributed by atoms with Gasteiger partial charge in [0, 0.05) is 19.3 Å². The van der Waals surface area contributed by atoms with Crippen molar-refractivity contribution in [1.29, 1.82) is 0 Å². The van der Waals surface area contributed by atoms with Crippen molar-refractivity contribution in [1.82, 2.24) is 4.98 Å². The molecule has 1 saturated heterocycles.